The smallest absolute Gasteiger partial charge is 0.329 e. The second-order valence-corrected chi connectivity index (χ2v) is 9.65. The van der Waals surface area contributed by atoms with Crippen molar-refractivity contribution in [3.8, 4) is 11.8 Å². The van der Waals surface area contributed by atoms with E-state index < -0.39 is 10.2 Å². The molecule has 0 bridgehead atoms. The number of ether oxygens (including phenoxy) is 1. The second-order valence-electron chi connectivity index (χ2n) is 7.70. The summed E-state index contributed by atoms with van der Waals surface area (Å²) in [5.74, 6) is 0.540. The third-order valence-electron chi connectivity index (χ3n) is 5.80. The monoisotopic (exact) mass is 475 g/mol. The molecule has 2 N–H and O–H groups in total. The van der Waals surface area contributed by atoms with Gasteiger partial charge in [-0.05, 0) is 48.7 Å². The quantitative estimate of drug-likeness (QED) is 0.606. The summed E-state index contributed by atoms with van der Waals surface area (Å²) in [7, 11) is -2.23. The van der Waals surface area contributed by atoms with Gasteiger partial charge in [0.15, 0.2) is 0 Å². The van der Waals surface area contributed by atoms with Crippen LogP contribution in [0.2, 0.25) is 5.02 Å². The topological polar surface area (TPSA) is 123 Å². The molecule has 1 saturated heterocycles. The van der Waals surface area contributed by atoms with Crippen molar-refractivity contribution in [1.82, 2.24) is 13.4 Å². The van der Waals surface area contributed by atoms with Crippen molar-refractivity contribution in [2.24, 2.45) is 5.14 Å². The molecular formula is C21H22ClN5O4S. The van der Waals surface area contributed by atoms with E-state index in [1.807, 2.05) is 6.07 Å². The van der Waals surface area contributed by atoms with Crippen LogP contribution in [0.5, 0.6) is 5.75 Å². The zero-order valence-corrected chi connectivity index (χ0v) is 18.9. The van der Waals surface area contributed by atoms with E-state index in [0.717, 1.165) is 5.56 Å². The van der Waals surface area contributed by atoms with E-state index in [0.29, 0.717) is 40.2 Å². The SMILES string of the molecule is COc1ccc(Cn2c(=O)n(C3CCN(S(N)(=O)=O)CC3)c3ccc(C#N)cc32)cc1Cl. The van der Waals surface area contributed by atoms with Crippen LogP contribution in [0.1, 0.15) is 30.0 Å². The number of halogens is 1. The zero-order chi connectivity index (χ0) is 23.0. The first-order valence-corrected chi connectivity index (χ1v) is 11.9. The summed E-state index contributed by atoms with van der Waals surface area (Å²) in [5.41, 5.74) is 2.36. The fraction of sp³-hybridized carbons (Fsp3) is 0.333. The highest BCUT2D eigenvalue weighted by Crippen LogP contribution is 2.29. The van der Waals surface area contributed by atoms with Crippen LogP contribution < -0.4 is 15.6 Å². The highest BCUT2D eigenvalue weighted by molar-refractivity contribution is 7.86. The summed E-state index contributed by atoms with van der Waals surface area (Å²) < 4.78 is 33.0. The highest BCUT2D eigenvalue weighted by atomic mass is 35.5. The van der Waals surface area contributed by atoms with Crippen molar-refractivity contribution in [2.75, 3.05) is 20.2 Å². The molecule has 1 fully saturated rings. The Labute approximate surface area is 190 Å². The molecule has 1 aliphatic rings. The third kappa shape index (κ3) is 4.12. The minimum atomic E-state index is -3.76. The van der Waals surface area contributed by atoms with E-state index in [-0.39, 0.29) is 31.4 Å². The number of rotatable bonds is 5. The van der Waals surface area contributed by atoms with Crippen LogP contribution in [0.15, 0.2) is 41.2 Å². The van der Waals surface area contributed by atoms with Crippen molar-refractivity contribution in [3.63, 3.8) is 0 Å². The van der Waals surface area contributed by atoms with Gasteiger partial charge in [-0.3, -0.25) is 9.13 Å². The first kappa shape index (κ1) is 22.4. The number of piperidine rings is 1. The minimum absolute atomic E-state index is 0.184. The lowest BCUT2D eigenvalue weighted by atomic mass is 10.1. The molecule has 0 atom stereocenters. The van der Waals surface area contributed by atoms with Gasteiger partial charge in [0.25, 0.3) is 10.2 Å². The fourth-order valence-corrected chi connectivity index (χ4v) is 5.20. The minimum Gasteiger partial charge on any atom is -0.495 e. The highest BCUT2D eigenvalue weighted by Gasteiger charge is 2.29. The average molecular weight is 476 g/mol. The molecule has 0 saturated carbocycles. The van der Waals surface area contributed by atoms with E-state index in [2.05, 4.69) is 6.07 Å². The van der Waals surface area contributed by atoms with Crippen LogP contribution >= 0.6 is 11.6 Å². The maximum absolute atomic E-state index is 13.5. The van der Waals surface area contributed by atoms with Crippen LogP contribution in [-0.4, -0.2) is 42.1 Å². The van der Waals surface area contributed by atoms with Crippen molar-refractivity contribution in [2.45, 2.75) is 25.4 Å². The lowest BCUT2D eigenvalue weighted by molar-refractivity contribution is 0.273. The maximum atomic E-state index is 13.5. The number of fused-ring (bicyclic) bond motifs is 1. The van der Waals surface area contributed by atoms with Crippen molar-refractivity contribution >= 4 is 32.8 Å². The standard InChI is InChI=1S/C21H22ClN5O4S/c1-31-20-5-3-15(10-17(20)22)13-26-19-11-14(12-23)2-4-18(19)27(21(26)28)16-6-8-25(9-7-16)32(24,29)30/h2-5,10-11,16H,6-9,13H2,1H3,(H2,24,29,30). The van der Waals surface area contributed by atoms with Gasteiger partial charge in [0, 0.05) is 19.1 Å². The Morgan fingerprint density at radius 1 is 1.19 bits per heavy atom. The Balaban J connectivity index is 1.77. The number of aromatic nitrogens is 2. The molecule has 0 spiro atoms. The Kier molecular flexibility index (Phi) is 6.01. The van der Waals surface area contributed by atoms with Gasteiger partial charge in [0.2, 0.25) is 0 Å². The number of hydrogen-bond donors (Lipinski definition) is 1. The Hall–Kier alpha value is -2.84. The Morgan fingerprint density at radius 3 is 2.50 bits per heavy atom. The Morgan fingerprint density at radius 2 is 1.91 bits per heavy atom. The molecule has 0 aliphatic carbocycles. The predicted molar refractivity (Wildman–Crippen MR) is 121 cm³/mol. The molecule has 2 aromatic carbocycles. The number of nitrogens with two attached hydrogens (primary N) is 1. The largest absolute Gasteiger partial charge is 0.495 e. The maximum Gasteiger partial charge on any atom is 0.329 e. The van der Waals surface area contributed by atoms with Crippen LogP contribution in [0.3, 0.4) is 0 Å². The van der Waals surface area contributed by atoms with E-state index in [1.54, 1.807) is 39.5 Å². The molecule has 0 amide bonds. The fourth-order valence-electron chi connectivity index (χ4n) is 4.20. The van der Waals surface area contributed by atoms with Crippen molar-refractivity contribution in [1.29, 1.82) is 5.26 Å². The third-order valence-corrected chi connectivity index (χ3v) is 7.18. The van der Waals surface area contributed by atoms with Crippen LogP contribution in [0.4, 0.5) is 0 Å². The number of benzene rings is 2. The summed E-state index contributed by atoms with van der Waals surface area (Å²) in [5, 5.41) is 15.0. The number of imidazole rings is 1. The lowest BCUT2D eigenvalue weighted by Gasteiger charge is -2.30. The van der Waals surface area contributed by atoms with E-state index >= 15 is 0 Å². The normalized spacial score (nSPS) is 15.7. The molecule has 32 heavy (non-hydrogen) atoms. The number of nitrogens with zero attached hydrogens (tertiary/aromatic N) is 4. The van der Waals surface area contributed by atoms with Crippen molar-refractivity contribution in [3.05, 3.63) is 63.0 Å². The lowest BCUT2D eigenvalue weighted by Crippen LogP contribution is -2.43. The average Bonchev–Trinajstić information content (AvgIpc) is 3.04. The number of nitriles is 1. The van der Waals surface area contributed by atoms with Gasteiger partial charge in [0.05, 0.1) is 41.3 Å². The van der Waals surface area contributed by atoms with Crippen LogP contribution in [-0.2, 0) is 16.8 Å². The number of hydrogen-bond acceptors (Lipinski definition) is 5. The molecule has 1 aliphatic heterocycles. The molecule has 11 heteroatoms. The first-order chi connectivity index (χ1) is 15.2. The molecule has 9 nitrogen and oxygen atoms in total. The molecule has 1 aromatic heterocycles. The van der Waals surface area contributed by atoms with Gasteiger partial charge < -0.3 is 4.74 Å². The molecular weight excluding hydrogens is 454 g/mol. The van der Waals surface area contributed by atoms with Gasteiger partial charge in [-0.15, -0.1) is 0 Å². The van der Waals surface area contributed by atoms with Gasteiger partial charge >= 0.3 is 5.69 Å². The summed E-state index contributed by atoms with van der Waals surface area (Å²) in [6, 6.07) is 12.4. The predicted octanol–water partition coefficient (Wildman–Crippen LogP) is 2.23. The van der Waals surface area contributed by atoms with E-state index in [9.17, 15) is 18.5 Å². The molecule has 2 heterocycles. The summed E-state index contributed by atoms with van der Waals surface area (Å²) >= 11 is 6.25. The van der Waals surface area contributed by atoms with Crippen LogP contribution in [0, 0.1) is 11.3 Å². The number of methoxy groups -OCH3 is 1. The molecule has 3 aromatic rings. The van der Waals surface area contributed by atoms with Gasteiger partial charge in [0.1, 0.15) is 5.75 Å². The second kappa shape index (κ2) is 8.60. The van der Waals surface area contributed by atoms with Crippen molar-refractivity contribution < 1.29 is 13.2 Å². The molecule has 4 rings (SSSR count). The van der Waals surface area contributed by atoms with Crippen LogP contribution in [0.25, 0.3) is 11.0 Å². The Bertz CT molecular complexity index is 1380. The summed E-state index contributed by atoms with van der Waals surface area (Å²) in [4.78, 5) is 13.5. The summed E-state index contributed by atoms with van der Waals surface area (Å²) in [6.45, 7) is 0.747. The van der Waals surface area contributed by atoms with E-state index in [1.165, 1.54) is 11.4 Å². The van der Waals surface area contributed by atoms with Gasteiger partial charge in [-0.25, -0.2) is 9.93 Å². The van der Waals surface area contributed by atoms with E-state index in [4.69, 9.17) is 21.5 Å². The zero-order valence-electron chi connectivity index (χ0n) is 17.4. The molecule has 168 valence electrons. The molecule has 0 radical (unpaired) electrons. The summed E-state index contributed by atoms with van der Waals surface area (Å²) in [6.07, 6.45) is 0.924. The molecule has 0 unspecified atom stereocenters. The van der Waals surface area contributed by atoms with Gasteiger partial charge in [-0.1, -0.05) is 17.7 Å². The van der Waals surface area contributed by atoms with Gasteiger partial charge in [-0.2, -0.15) is 18.0 Å². The first-order valence-electron chi connectivity index (χ1n) is 9.98.